The molecule has 1 unspecified atom stereocenters. The Morgan fingerprint density at radius 1 is 1.40 bits per heavy atom. The number of benzene rings is 1. The standard InChI is InChI=1S/C17H18ClN3O3S/c1-10-3-2-6-21(8-10)16(22)14-15(18)25-17(20-14)19-11-4-5-12-13(7-11)24-9-23-12/h4-5,7,10H,2-3,6,8-9H2,1H3,(H,19,20). The lowest BCUT2D eigenvalue weighted by atomic mass is 10.0. The number of halogens is 1. The van der Waals surface area contributed by atoms with Gasteiger partial charge in [0.1, 0.15) is 4.34 Å². The van der Waals surface area contributed by atoms with Crippen molar-refractivity contribution in [3.8, 4) is 11.5 Å². The number of carbonyl (C=O) groups is 1. The molecule has 1 amide bonds. The normalized spacial score (nSPS) is 19.1. The zero-order valence-corrected chi connectivity index (χ0v) is 15.3. The largest absolute Gasteiger partial charge is 0.454 e. The van der Waals surface area contributed by atoms with Gasteiger partial charge >= 0.3 is 0 Å². The van der Waals surface area contributed by atoms with Crippen LogP contribution in [0.2, 0.25) is 4.34 Å². The molecular weight excluding hydrogens is 362 g/mol. The van der Waals surface area contributed by atoms with Crippen molar-refractivity contribution in [2.24, 2.45) is 5.92 Å². The second-order valence-electron chi connectivity index (χ2n) is 6.33. The first-order chi connectivity index (χ1) is 12.1. The Hall–Kier alpha value is -1.99. The summed E-state index contributed by atoms with van der Waals surface area (Å²) in [5, 5.41) is 3.76. The van der Waals surface area contributed by atoms with Crippen molar-refractivity contribution in [2.75, 3.05) is 25.2 Å². The first-order valence-corrected chi connectivity index (χ1v) is 9.42. The average molecular weight is 380 g/mol. The number of piperidine rings is 1. The predicted octanol–water partition coefficient (Wildman–Crippen LogP) is 4.14. The molecule has 0 spiro atoms. The van der Waals surface area contributed by atoms with Crippen molar-refractivity contribution < 1.29 is 14.3 Å². The van der Waals surface area contributed by atoms with Gasteiger partial charge in [-0.2, -0.15) is 0 Å². The number of amides is 1. The molecule has 25 heavy (non-hydrogen) atoms. The van der Waals surface area contributed by atoms with Crippen LogP contribution in [-0.2, 0) is 0 Å². The minimum absolute atomic E-state index is 0.0912. The van der Waals surface area contributed by atoms with Crippen molar-refractivity contribution in [3.63, 3.8) is 0 Å². The van der Waals surface area contributed by atoms with Crippen molar-refractivity contribution in [1.82, 2.24) is 9.88 Å². The zero-order chi connectivity index (χ0) is 17.4. The topological polar surface area (TPSA) is 63.7 Å². The summed E-state index contributed by atoms with van der Waals surface area (Å²) in [6.07, 6.45) is 2.18. The highest BCUT2D eigenvalue weighted by Gasteiger charge is 2.26. The number of ether oxygens (including phenoxy) is 2. The fourth-order valence-corrected chi connectivity index (χ4v) is 4.16. The maximum Gasteiger partial charge on any atom is 0.275 e. The number of fused-ring (bicyclic) bond motifs is 1. The lowest BCUT2D eigenvalue weighted by Gasteiger charge is -2.30. The van der Waals surface area contributed by atoms with Crippen LogP contribution in [0.15, 0.2) is 18.2 Å². The molecule has 1 aromatic heterocycles. The second kappa shape index (κ2) is 6.72. The molecule has 1 atom stereocenters. The summed E-state index contributed by atoms with van der Waals surface area (Å²) in [4.78, 5) is 19.0. The van der Waals surface area contributed by atoms with Crippen molar-refractivity contribution >= 4 is 39.7 Å². The summed E-state index contributed by atoms with van der Waals surface area (Å²) in [7, 11) is 0. The molecule has 3 heterocycles. The molecule has 0 bridgehead atoms. The van der Waals surface area contributed by atoms with Gasteiger partial charge in [-0.05, 0) is 30.9 Å². The average Bonchev–Trinajstić information content (AvgIpc) is 3.20. The van der Waals surface area contributed by atoms with Crippen LogP contribution in [0, 0.1) is 5.92 Å². The number of thiazole rings is 1. The van der Waals surface area contributed by atoms with Gasteiger partial charge in [0.25, 0.3) is 5.91 Å². The van der Waals surface area contributed by atoms with Crippen LogP contribution in [0.4, 0.5) is 10.8 Å². The molecule has 2 aliphatic heterocycles. The molecular formula is C17H18ClN3O3S. The summed E-state index contributed by atoms with van der Waals surface area (Å²) in [5.41, 5.74) is 1.13. The molecule has 6 nitrogen and oxygen atoms in total. The minimum Gasteiger partial charge on any atom is -0.454 e. The number of hydrogen-bond donors (Lipinski definition) is 1. The number of rotatable bonds is 3. The third-order valence-corrected chi connectivity index (χ3v) is 5.53. The molecule has 2 aromatic rings. The molecule has 0 aliphatic carbocycles. The van der Waals surface area contributed by atoms with E-state index in [1.165, 1.54) is 11.3 Å². The van der Waals surface area contributed by atoms with Crippen LogP contribution >= 0.6 is 22.9 Å². The van der Waals surface area contributed by atoms with Gasteiger partial charge in [0.15, 0.2) is 22.3 Å². The number of carbonyl (C=O) groups excluding carboxylic acids is 1. The van der Waals surface area contributed by atoms with Crippen LogP contribution in [0.1, 0.15) is 30.3 Å². The lowest BCUT2D eigenvalue weighted by molar-refractivity contribution is 0.0678. The molecule has 8 heteroatoms. The van der Waals surface area contributed by atoms with E-state index in [9.17, 15) is 4.79 Å². The van der Waals surface area contributed by atoms with Gasteiger partial charge in [0.05, 0.1) is 0 Å². The van der Waals surface area contributed by atoms with Gasteiger partial charge in [-0.15, -0.1) is 0 Å². The highest BCUT2D eigenvalue weighted by Crippen LogP contribution is 2.37. The monoisotopic (exact) mass is 379 g/mol. The van der Waals surface area contributed by atoms with Gasteiger partial charge in [0, 0.05) is 24.8 Å². The maximum absolute atomic E-state index is 12.7. The van der Waals surface area contributed by atoms with Gasteiger partial charge in [-0.3, -0.25) is 4.79 Å². The van der Waals surface area contributed by atoms with Crippen LogP contribution in [0.25, 0.3) is 0 Å². The maximum atomic E-state index is 12.7. The molecule has 0 saturated carbocycles. The van der Waals surface area contributed by atoms with E-state index in [-0.39, 0.29) is 12.7 Å². The van der Waals surface area contributed by atoms with E-state index in [1.54, 1.807) is 0 Å². The van der Waals surface area contributed by atoms with E-state index in [2.05, 4.69) is 17.2 Å². The number of hydrogen-bond acceptors (Lipinski definition) is 6. The van der Waals surface area contributed by atoms with E-state index in [0.29, 0.717) is 26.8 Å². The van der Waals surface area contributed by atoms with E-state index in [1.807, 2.05) is 23.1 Å². The minimum atomic E-state index is -0.0912. The first-order valence-electron chi connectivity index (χ1n) is 8.22. The Bertz CT molecular complexity index is 810. The molecule has 0 radical (unpaired) electrons. The Kier molecular flexibility index (Phi) is 4.43. The van der Waals surface area contributed by atoms with Crippen molar-refractivity contribution in [3.05, 3.63) is 28.2 Å². The summed E-state index contributed by atoms with van der Waals surface area (Å²) in [6, 6.07) is 5.54. The smallest absolute Gasteiger partial charge is 0.275 e. The van der Waals surface area contributed by atoms with Crippen molar-refractivity contribution in [1.29, 1.82) is 0 Å². The Balaban J connectivity index is 1.51. The lowest BCUT2D eigenvalue weighted by Crippen LogP contribution is -2.39. The van der Waals surface area contributed by atoms with Gasteiger partial charge in [-0.1, -0.05) is 29.9 Å². The van der Waals surface area contributed by atoms with Crippen LogP contribution in [0.3, 0.4) is 0 Å². The number of nitrogens with one attached hydrogen (secondary N) is 1. The molecule has 4 rings (SSSR count). The van der Waals surface area contributed by atoms with Crippen LogP contribution < -0.4 is 14.8 Å². The number of likely N-dealkylation sites (tertiary alicyclic amines) is 1. The van der Waals surface area contributed by atoms with Crippen molar-refractivity contribution in [2.45, 2.75) is 19.8 Å². The predicted molar refractivity (Wildman–Crippen MR) is 97.3 cm³/mol. The quantitative estimate of drug-likeness (QED) is 0.868. The molecule has 1 aromatic carbocycles. The molecule has 1 fully saturated rings. The van der Waals surface area contributed by atoms with Gasteiger partial charge in [-0.25, -0.2) is 4.98 Å². The summed E-state index contributed by atoms with van der Waals surface area (Å²) < 4.78 is 11.1. The van der Waals surface area contributed by atoms with E-state index < -0.39 is 0 Å². The van der Waals surface area contributed by atoms with Gasteiger partial charge < -0.3 is 19.7 Å². The van der Waals surface area contributed by atoms with Crippen LogP contribution in [-0.4, -0.2) is 35.7 Å². The third-order valence-electron chi connectivity index (χ3n) is 4.36. The van der Waals surface area contributed by atoms with E-state index in [4.69, 9.17) is 21.1 Å². The number of anilines is 2. The third kappa shape index (κ3) is 3.39. The fourth-order valence-electron chi connectivity index (χ4n) is 3.11. The molecule has 1 saturated heterocycles. The SMILES string of the molecule is CC1CCCN(C(=O)c2nc(Nc3ccc4c(c3)OCO4)sc2Cl)C1. The highest BCUT2D eigenvalue weighted by atomic mass is 35.5. The summed E-state index contributed by atoms with van der Waals surface area (Å²) >= 11 is 7.54. The number of nitrogens with zero attached hydrogens (tertiary/aromatic N) is 2. The van der Waals surface area contributed by atoms with E-state index >= 15 is 0 Å². The second-order valence-corrected chi connectivity index (χ2v) is 7.93. The number of aromatic nitrogens is 1. The fraction of sp³-hybridized carbons (Fsp3) is 0.412. The zero-order valence-electron chi connectivity index (χ0n) is 13.8. The summed E-state index contributed by atoms with van der Waals surface area (Å²) in [5.74, 6) is 1.83. The summed E-state index contributed by atoms with van der Waals surface area (Å²) in [6.45, 7) is 3.92. The van der Waals surface area contributed by atoms with E-state index in [0.717, 1.165) is 37.4 Å². The molecule has 2 aliphatic rings. The molecule has 1 N–H and O–H groups in total. The van der Waals surface area contributed by atoms with Crippen LogP contribution in [0.5, 0.6) is 11.5 Å². The Morgan fingerprint density at radius 3 is 3.08 bits per heavy atom. The first kappa shape index (κ1) is 16.5. The Morgan fingerprint density at radius 2 is 2.24 bits per heavy atom. The Labute approximate surface area is 154 Å². The molecule has 132 valence electrons. The van der Waals surface area contributed by atoms with Gasteiger partial charge in [0.2, 0.25) is 6.79 Å². The highest BCUT2D eigenvalue weighted by molar-refractivity contribution is 7.19.